The molecule has 3 aliphatic rings. The van der Waals surface area contributed by atoms with Crippen molar-refractivity contribution in [2.75, 3.05) is 26.2 Å². The molecule has 2 heterocycles. The quantitative estimate of drug-likeness (QED) is 0.908. The Labute approximate surface area is 135 Å². The second kappa shape index (κ2) is 5.86. The van der Waals surface area contributed by atoms with Gasteiger partial charge in [-0.1, -0.05) is 6.07 Å². The summed E-state index contributed by atoms with van der Waals surface area (Å²) in [7, 11) is 0. The molecule has 2 aliphatic heterocycles. The summed E-state index contributed by atoms with van der Waals surface area (Å²) in [5.74, 6) is -0.0331. The molecule has 23 heavy (non-hydrogen) atoms. The van der Waals surface area contributed by atoms with E-state index in [4.69, 9.17) is 0 Å². The van der Waals surface area contributed by atoms with Crippen molar-refractivity contribution >= 4 is 5.91 Å². The number of hydrogen-bond donors (Lipinski definition) is 1. The van der Waals surface area contributed by atoms with Gasteiger partial charge in [-0.3, -0.25) is 4.79 Å². The largest absolute Gasteiger partial charge is 0.342 e. The molecule has 1 aromatic carbocycles. The van der Waals surface area contributed by atoms with Gasteiger partial charge in [0, 0.05) is 19.0 Å². The van der Waals surface area contributed by atoms with E-state index in [2.05, 4.69) is 5.32 Å². The van der Waals surface area contributed by atoms with E-state index in [9.17, 15) is 13.6 Å². The Morgan fingerprint density at radius 3 is 2.43 bits per heavy atom. The van der Waals surface area contributed by atoms with Gasteiger partial charge in [-0.25, -0.2) is 8.78 Å². The van der Waals surface area contributed by atoms with Crippen LogP contribution in [-0.2, 0) is 4.79 Å². The molecule has 0 radical (unpaired) electrons. The Balaban J connectivity index is 1.39. The van der Waals surface area contributed by atoms with E-state index in [1.165, 1.54) is 6.07 Å². The summed E-state index contributed by atoms with van der Waals surface area (Å²) in [6.07, 6.45) is 2.91. The number of likely N-dealkylation sites (tertiary alicyclic amines) is 1. The molecule has 0 spiro atoms. The average molecular weight is 320 g/mol. The Morgan fingerprint density at radius 2 is 1.78 bits per heavy atom. The zero-order chi connectivity index (χ0) is 16.0. The van der Waals surface area contributed by atoms with E-state index in [-0.39, 0.29) is 17.7 Å². The van der Waals surface area contributed by atoms with Crippen molar-refractivity contribution in [1.82, 2.24) is 10.2 Å². The number of hydrogen-bond acceptors (Lipinski definition) is 2. The number of benzene rings is 1. The minimum atomic E-state index is -0.829. The molecule has 1 aromatic rings. The Hall–Kier alpha value is -1.49. The van der Waals surface area contributed by atoms with Crippen LogP contribution in [0, 0.1) is 29.4 Å². The van der Waals surface area contributed by atoms with Crippen LogP contribution in [0.4, 0.5) is 8.78 Å². The van der Waals surface area contributed by atoms with E-state index in [0.29, 0.717) is 11.8 Å². The van der Waals surface area contributed by atoms with E-state index >= 15 is 0 Å². The van der Waals surface area contributed by atoms with Crippen molar-refractivity contribution in [2.24, 2.45) is 17.8 Å². The molecular formula is C18H22F2N2O. The Kier molecular flexibility index (Phi) is 3.84. The highest BCUT2D eigenvalue weighted by Gasteiger charge is 2.46. The minimum Gasteiger partial charge on any atom is -0.342 e. The second-order valence-electron chi connectivity index (χ2n) is 7.20. The molecule has 1 N–H and O–H groups in total. The maximum Gasteiger partial charge on any atom is 0.226 e. The second-order valence-corrected chi connectivity index (χ2v) is 7.20. The molecule has 4 atom stereocenters. The standard InChI is InChI=1S/C18H22F2N2O/c19-16-2-1-11(7-17(16)20)14-8-15(14)18(23)22-5-3-12-9-21-10-13(12)4-6-22/h1-2,7,12-15,21H,3-6,8-10H2/t12-,13+,14?,15?. The van der Waals surface area contributed by atoms with Crippen LogP contribution in [0.3, 0.4) is 0 Å². The maximum atomic E-state index is 13.4. The third-order valence-electron chi connectivity index (χ3n) is 5.81. The van der Waals surface area contributed by atoms with E-state index in [1.54, 1.807) is 6.07 Å². The molecule has 1 amide bonds. The van der Waals surface area contributed by atoms with Gasteiger partial charge in [-0.05, 0) is 67.8 Å². The molecule has 124 valence electrons. The van der Waals surface area contributed by atoms with Gasteiger partial charge < -0.3 is 10.2 Å². The summed E-state index contributed by atoms with van der Waals surface area (Å²) >= 11 is 0. The van der Waals surface area contributed by atoms with Crippen LogP contribution in [0.15, 0.2) is 18.2 Å². The third kappa shape index (κ3) is 2.87. The van der Waals surface area contributed by atoms with Crippen LogP contribution in [0.1, 0.15) is 30.7 Å². The van der Waals surface area contributed by atoms with Crippen molar-refractivity contribution in [3.63, 3.8) is 0 Å². The average Bonchev–Trinajstić information content (AvgIpc) is 3.27. The molecule has 3 nitrogen and oxygen atoms in total. The first kappa shape index (κ1) is 15.1. The number of nitrogens with one attached hydrogen (secondary N) is 1. The Bertz CT molecular complexity index is 607. The van der Waals surface area contributed by atoms with E-state index in [1.807, 2.05) is 4.90 Å². The molecule has 0 aromatic heterocycles. The number of fused-ring (bicyclic) bond motifs is 1. The smallest absolute Gasteiger partial charge is 0.226 e. The van der Waals surface area contributed by atoms with E-state index < -0.39 is 11.6 Å². The summed E-state index contributed by atoms with van der Waals surface area (Å²) in [5, 5.41) is 3.44. The number of carbonyl (C=O) groups is 1. The van der Waals surface area contributed by atoms with Gasteiger partial charge in [0.25, 0.3) is 0 Å². The first-order valence-corrected chi connectivity index (χ1v) is 8.58. The summed E-state index contributed by atoms with van der Waals surface area (Å²) in [6.45, 7) is 3.83. The highest BCUT2D eigenvalue weighted by atomic mass is 19.2. The minimum absolute atomic E-state index is 0.0454. The molecule has 1 aliphatic carbocycles. The normalized spacial score (nSPS) is 33.2. The van der Waals surface area contributed by atoms with Crippen molar-refractivity contribution in [3.8, 4) is 0 Å². The predicted octanol–water partition coefficient (Wildman–Crippen LogP) is 2.53. The fourth-order valence-corrected chi connectivity index (χ4v) is 4.25. The van der Waals surface area contributed by atoms with Gasteiger partial charge in [-0.2, -0.15) is 0 Å². The molecule has 1 saturated carbocycles. The highest BCUT2D eigenvalue weighted by Crippen LogP contribution is 2.49. The number of halogens is 2. The topological polar surface area (TPSA) is 32.3 Å². The van der Waals surface area contributed by atoms with Crippen LogP contribution in [0.2, 0.25) is 0 Å². The maximum absolute atomic E-state index is 13.4. The number of nitrogens with zero attached hydrogens (tertiary/aromatic N) is 1. The van der Waals surface area contributed by atoms with Gasteiger partial charge in [-0.15, -0.1) is 0 Å². The predicted molar refractivity (Wildman–Crippen MR) is 82.9 cm³/mol. The molecule has 4 rings (SSSR count). The fraction of sp³-hybridized carbons (Fsp3) is 0.611. The van der Waals surface area contributed by atoms with Gasteiger partial charge in [0.2, 0.25) is 5.91 Å². The summed E-state index contributed by atoms with van der Waals surface area (Å²) in [6, 6.07) is 4.01. The molecular weight excluding hydrogens is 298 g/mol. The Morgan fingerprint density at radius 1 is 1.09 bits per heavy atom. The lowest BCUT2D eigenvalue weighted by Gasteiger charge is -2.21. The molecule has 2 saturated heterocycles. The first-order valence-electron chi connectivity index (χ1n) is 8.58. The lowest BCUT2D eigenvalue weighted by molar-refractivity contribution is -0.132. The number of rotatable bonds is 2. The monoisotopic (exact) mass is 320 g/mol. The zero-order valence-electron chi connectivity index (χ0n) is 13.1. The van der Waals surface area contributed by atoms with Crippen LogP contribution in [-0.4, -0.2) is 37.0 Å². The van der Waals surface area contributed by atoms with Crippen LogP contribution >= 0.6 is 0 Å². The molecule has 5 heteroatoms. The van der Waals surface area contributed by atoms with Crippen molar-refractivity contribution < 1.29 is 13.6 Å². The molecule has 2 unspecified atom stereocenters. The summed E-state index contributed by atoms with van der Waals surface area (Å²) in [5.41, 5.74) is 0.748. The van der Waals surface area contributed by atoms with Crippen LogP contribution in [0.5, 0.6) is 0 Å². The van der Waals surface area contributed by atoms with Crippen molar-refractivity contribution in [2.45, 2.75) is 25.2 Å². The van der Waals surface area contributed by atoms with Gasteiger partial charge in [0.15, 0.2) is 11.6 Å². The number of carbonyl (C=O) groups excluding carboxylic acids is 1. The third-order valence-corrected chi connectivity index (χ3v) is 5.81. The highest BCUT2D eigenvalue weighted by molar-refractivity contribution is 5.83. The van der Waals surface area contributed by atoms with Gasteiger partial charge in [0.1, 0.15) is 0 Å². The van der Waals surface area contributed by atoms with Crippen LogP contribution < -0.4 is 5.32 Å². The lowest BCUT2D eigenvalue weighted by Crippen LogP contribution is -2.34. The van der Waals surface area contributed by atoms with E-state index in [0.717, 1.165) is 57.1 Å². The van der Waals surface area contributed by atoms with Crippen molar-refractivity contribution in [3.05, 3.63) is 35.4 Å². The first-order chi connectivity index (χ1) is 11.1. The molecule has 0 bridgehead atoms. The number of amides is 1. The summed E-state index contributed by atoms with van der Waals surface area (Å²) < 4.78 is 26.4. The van der Waals surface area contributed by atoms with Crippen molar-refractivity contribution in [1.29, 1.82) is 0 Å². The summed E-state index contributed by atoms with van der Waals surface area (Å²) in [4.78, 5) is 14.7. The zero-order valence-corrected chi connectivity index (χ0v) is 13.1. The SMILES string of the molecule is O=C(C1CC1c1ccc(F)c(F)c1)N1CC[C@@H]2CNC[C@@H]2CC1. The lowest BCUT2D eigenvalue weighted by atomic mass is 9.92. The van der Waals surface area contributed by atoms with Crippen LogP contribution in [0.25, 0.3) is 0 Å². The van der Waals surface area contributed by atoms with Gasteiger partial charge >= 0.3 is 0 Å². The molecule has 3 fully saturated rings. The van der Waals surface area contributed by atoms with Gasteiger partial charge in [0.05, 0.1) is 0 Å². The fourth-order valence-electron chi connectivity index (χ4n) is 4.25.